The monoisotopic (exact) mass is 254 g/mol. The Hall–Kier alpha value is -1.91. The Morgan fingerprint density at radius 2 is 1.72 bits per heavy atom. The molecule has 0 aromatic heterocycles. The van der Waals surface area contributed by atoms with Crippen molar-refractivity contribution in [1.29, 1.82) is 0 Å². The third-order valence-corrected chi connectivity index (χ3v) is 2.64. The molecule has 0 aliphatic rings. The Balaban J connectivity index is 3.00. The third kappa shape index (κ3) is 3.29. The van der Waals surface area contributed by atoms with Gasteiger partial charge in [-0.15, -0.1) is 0 Å². The van der Waals surface area contributed by atoms with Gasteiger partial charge >= 0.3 is 5.97 Å². The fourth-order valence-electron chi connectivity index (χ4n) is 1.82. The van der Waals surface area contributed by atoms with Crippen LogP contribution in [0.1, 0.15) is 18.4 Å². The van der Waals surface area contributed by atoms with Gasteiger partial charge in [0.15, 0.2) is 11.5 Å². The van der Waals surface area contributed by atoms with Crippen LogP contribution in [0.25, 0.3) is 0 Å². The quantitative estimate of drug-likeness (QED) is 0.807. The fraction of sp³-hybridized carbons (Fsp3) is 0.462. The molecule has 1 aromatic carbocycles. The standard InChI is InChI=1S/C13H18O5/c1-16-10-7-8-11(17-2)13(18-3)9(10)5-4-6-12(14)15/h7-8H,4-6H2,1-3H3,(H,14,15). The van der Waals surface area contributed by atoms with Crippen molar-refractivity contribution in [2.75, 3.05) is 21.3 Å². The lowest BCUT2D eigenvalue weighted by molar-refractivity contribution is -0.137. The second-order valence-electron chi connectivity index (χ2n) is 3.73. The molecule has 5 nitrogen and oxygen atoms in total. The maximum atomic E-state index is 10.5. The molecule has 0 unspecified atom stereocenters. The molecule has 1 N–H and O–H groups in total. The first-order valence-corrected chi connectivity index (χ1v) is 5.63. The summed E-state index contributed by atoms with van der Waals surface area (Å²) in [5, 5.41) is 8.66. The van der Waals surface area contributed by atoms with Crippen LogP contribution in [-0.2, 0) is 11.2 Å². The summed E-state index contributed by atoms with van der Waals surface area (Å²) in [6, 6.07) is 3.55. The molecule has 18 heavy (non-hydrogen) atoms. The molecule has 0 amide bonds. The second-order valence-corrected chi connectivity index (χ2v) is 3.73. The molecule has 0 aliphatic heterocycles. The minimum absolute atomic E-state index is 0.115. The van der Waals surface area contributed by atoms with E-state index in [2.05, 4.69) is 0 Å². The van der Waals surface area contributed by atoms with Crippen LogP contribution in [0.15, 0.2) is 12.1 Å². The molecule has 1 rings (SSSR count). The van der Waals surface area contributed by atoms with Gasteiger partial charge in [0.2, 0.25) is 0 Å². The summed E-state index contributed by atoms with van der Waals surface area (Å²) in [6.07, 6.45) is 1.20. The summed E-state index contributed by atoms with van der Waals surface area (Å²) in [7, 11) is 4.69. The van der Waals surface area contributed by atoms with Gasteiger partial charge < -0.3 is 19.3 Å². The van der Waals surface area contributed by atoms with E-state index >= 15 is 0 Å². The van der Waals surface area contributed by atoms with Crippen molar-refractivity contribution in [3.05, 3.63) is 17.7 Å². The molecule has 0 radical (unpaired) electrons. The number of carboxylic acids is 1. The molecular formula is C13H18O5. The lowest BCUT2D eigenvalue weighted by Crippen LogP contribution is -2.01. The van der Waals surface area contributed by atoms with E-state index in [1.54, 1.807) is 33.5 Å². The molecule has 0 bridgehead atoms. The van der Waals surface area contributed by atoms with E-state index < -0.39 is 5.97 Å². The Morgan fingerprint density at radius 1 is 1.11 bits per heavy atom. The van der Waals surface area contributed by atoms with Gasteiger partial charge in [-0.05, 0) is 25.0 Å². The largest absolute Gasteiger partial charge is 0.496 e. The van der Waals surface area contributed by atoms with Gasteiger partial charge in [-0.1, -0.05) is 0 Å². The van der Waals surface area contributed by atoms with Crippen molar-refractivity contribution < 1.29 is 24.1 Å². The normalized spacial score (nSPS) is 9.94. The van der Waals surface area contributed by atoms with Crippen molar-refractivity contribution in [1.82, 2.24) is 0 Å². The van der Waals surface area contributed by atoms with Gasteiger partial charge in [-0.2, -0.15) is 0 Å². The van der Waals surface area contributed by atoms with Crippen LogP contribution in [0.4, 0.5) is 0 Å². The number of aliphatic carboxylic acids is 1. The van der Waals surface area contributed by atoms with Crippen LogP contribution >= 0.6 is 0 Å². The van der Waals surface area contributed by atoms with E-state index in [0.717, 1.165) is 5.56 Å². The topological polar surface area (TPSA) is 65.0 Å². The molecule has 0 heterocycles. The Labute approximate surface area is 106 Å². The average Bonchev–Trinajstić information content (AvgIpc) is 2.37. The van der Waals surface area contributed by atoms with E-state index in [-0.39, 0.29) is 6.42 Å². The van der Waals surface area contributed by atoms with E-state index in [4.69, 9.17) is 19.3 Å². The number of carboxylic acid groups (broad SMARTS) is 1. The minimum atomic E-state index is -0.809. The van der Waals surface area contributed by atoms with Crippen molar-refractivity contribution in [2.45, 2.75) is 19.3 Å². The highest BCUT2D eigenvalue weighted by atomic mass is 16.5. The smallest absolute Gasteiger partial charge is 0.303 e. The van der Waals surface area contributed by atoms with Crippen LogP contribution in [0.2, 0.25) is 0 Å². The number of hydrogen-bond donors (Lipinski definition) is 1. The first-order chi connectivity index (χ1) is 8.63. The number of ether oxygens (including phenoxy) is 3. The Morgan fingerprint density at radius 3 is 2.22 bits per heavy atom. The van der Waals surface area contributed by atoms with Gasteiger partial charge in [-0.25, -0.2) is 0 Å². The highest BCUT2D eigenvalue weighted by Crippen LogP contribution is 2.38. The summed E-state index contributed by atoms with van der Waals surface area (Å²) < 4.78 is 15.8. The van der Waals surface area contributed by atoms with Crippen LogP contribution in [0, 0.1) is 0 Å². The summed E-state index contributed by atoms with van der Waals surface area (Å²) in [5.74, 6) is 1.08. The first-order valence-electron chi connectivity index (χ1n) is 5.63. The van der Waals surface area contributed by atoms with Crippen LogP contribution < -0.4 is 14.2 Å². The molecule has 0 saturated carbocycles. The molecule has 0 spiro atoms. The van der Waals surface area contributed by atoms with Gasteiger partial charge in [0, 0.05) is 12.0 Å². The van der Waals surface area contributed by atoms with Crippen molar-refractivity contribution in [2.24, 2.45) is 0 Å². The molecule has 0 aliphatic carbocycles. The second kappa shape index (κ2) is 6.74. The molecule has 0 saturated heterocycles. The van der Waals surface area contributed by atoms with Gasteiger partial charge in [-0.3, -0.25) is 4.79 Å². The SMILES string of the molecule is COc1ccc(OC)c(OC)c1CCCC(=O)O. The zero-order valence-corrected chi connectivity index (χ0v) is 10.9. The number of hydrogen-bond acceptors (Lipinski definition) is 4. The summed E-state index contributed by atoms with van der Waals surface area (Å²) in [5.41, 5.74) is 0.834. The number of carbonyl (C=O) groups is 1. The highest BCUT2D eigenvalue weighted by Gasteiger charge is 2.15. The molecule has 5 heteroatoms. The number of methoxy groups -OCH3 is 3. The van der Waals surface area contributed by atoms with Gasteiger partial charge in [0.05, 0.1) is 21.3 Å². The number of rotatable bonds is 7. The maximum Gasteiger partial charge on any atom is 0.303 e. The van der Waals surface area contributed by atoms with Gasteiger partial charge in [0.25, 0.3) is 0 Å². The van der Waals surface area contributed by atoms with E-state index in [1.807, 2.05) is 0 Å². The van der Waals surface area contributed by atoms with Crippen LogP contribution in [-0.4, -0.2) is 32.4 Å². The van der Waals surface area contributed by atoms with E-state index in [1.165, 1.54) is 0 Å². The lowest BCUT2D eigenvalue weighted by atomic mass is 10.0. The fourth-order valence-corrected chi connectivity index (χ4v) is 1.82. The predicted molar refractivity (Wildman–Crippen MR) is 66.7 cm³/mol. The summed E-state index contributed by atoms with van der Waals surface area (Å²) >= 11 is 0. The summed E-state index contributed by atoms with van der Waals surface area (Å²) in [6.45, 7) is 0. The molecule has 0 fully saturated rings. The molecule has 0 atom stereocenters. The van der Waals surface area contributed by atoms with Crippen molar-refractivity contribution in [3.8, 4) is 17.2 Å². The third-order valence-electron chi connectivity index (χ3n) is 2.64. The Kier molecular flexibility index (Phi) is 5.30. The van der Waals surface area contributed by atoms with Crippen molar-refractivity contribution in [3.63, 3.8) is 0 Å². The minimum Gasteiger partial charge on any atom is -0.496 e. The van der Waals surface area contributed by atoms with Gasteiger partial charge in [0.1, 0.15) is 5.75 Å². The lowest BCUT2D eigenvalue weighted by Gasteiger charge is -2.15. The number of benzene rings is 1. The zero-order valence-electron chi connectivity index (χ0n) is 10.9. The average molecular weight is 254 g/mol. The molecule has 1 aromatic rings. The van der Waals surface area contributed by atoms with Crippen molar-refractivity contribution >= 4 is 5.97 Å². The highest BCUT2D eigenvalue weighted by molar-refractivity contribution is 5.66. The maximum absolute atomic E-state index is 10.5. The summed E-state index contributed by atoms with van der Waals surface area (Å²) in [4.78, 5) is 10.5. The van der Waals surface area contributed by atoms with Crippen LogP contribution in [0.3, 0.4) is 0 Å². The predicted octanol–water partition coefficient (Wildman–Crippen LogP) is 2.12. The first kappa shape index (κ1) is 14.2. The zero-order chi connectivity index (χ0) is 13.5. The van der Waals surface area contributed by atoms with Crippen LogP contribution in [0.5, 0.6) is 17.2 Å². The molecular weight excluding hydrogens is 236 g/mol. The Bertz CT molecular complexity index is 414. The van der Waals surface area contributed by atoms with E-state index in [9.17, 15) is 4.79 Å². The molecule has 100 valence electrons. The van der Waals surface area contributed by atoms with E-state index in [0.29, 0.717) is 30.1 Å².